The molecule has 0 heterocycles. The smallest absolute Gasteiger partial charge is 0.330 e. The number of halogens is 2. The van der Waals surface area contributed by atoms with E-state index in [-0.39, 0.29) is 17.5 Å². The van der Waals surface area contributed by atoms with Gasteiger partial charge in [0.1, 0.15) is 17.7 Å². The minimum atomic E-state index is -1.28. The maximum absolute atomic E-state index is 13.3. The van der Waals surface area contributed by atoms with Crippen LogP contribution in [0, 0.1) is 17.6 Å². The molecule has 0 spiro atoms. The van der Waals surface area contributed by atoms with Crippen LogP contribution in [-0.2, 0) is 14.3 Å². The lowest BCUT2D eigenvalue weighted by atomic mass is 10.0. The number of carbonyl (C=O) groups excluding carboxylic acids is 3. The molecule has 6 nitrogen and oxygen atoms in total. The summed E-state index contributed by atoms with van der Waals surface area (Å²) in [6.07, 6.45) is 0.411. The molecule has 0 aromatic heterocycles. The van der Waals surface area contributed by atoms with Gasteiger partial charge >= 0.3 is 5.97 Å². The number of rotatable bonds is 8. The molecular formula is C23H24F2N2O4. The van der Waals surface area contributed by atoms with Gasteiger partial charge in [0, 0.05) is 17.2 Å². The Hall–Kier alpha value is -3.29. The van der Waals surface area contributed by atoms with Gasteiger partial charge in [-0.1, -0.05) is 26.0 Å². The second-order valence-electron chi connectivity index (χ2n) is 7.85. The van der Waals surface area contributed by atoms with Gasteiger partial charge in [0.2, 0.25) is 6.10 Å². The van der Waals surface area contributed by atoms with Crippen LogP contribution in [0.5, 0.6) is 0 Å². The summed E-state index contributed by atoms with van der Waals surface area (Å²) in [5.41, 5.74) is 0.502. The maximum atomic E-state index is 13.3. The molecule has 1 aliphatic carbocycles. The summed E-state index contributed by atoms with van der Waals surface area (Å²) in [7, 11) is 0. The third kappa shape index (κ3) is 6.10. The number of amides is 2. The normalized spacial score (nSPS) is 15.1. The number of benzene rings is 2. The molecule has 0 radical (unpaired) electrons. The second kappa shape index (κ2) is 9.68. The van der Waals surface area contributed by atoms with Gasteiger partial charge in [0.05, 0.1) is 0 Å². The van der Waals surface area contributed by atoms with Crippen LogP contribution in [0.3, 0.4) is 0 Å². The van der Waals surface area contributed by atoms with Crippen molar-refractivity contribution in [2.24, 2.45) is 5.92 Å². The van der Waals surface area contributed by atoms with Crippen molar-refractivity contribution in [2.75, 3.05) is 0 Å². The van der Waals surface area contributed by atoms with Gasteiger partial charge in [-0.05, 0) is 55.2 Å². The van der Waals surface area contributed by atoms with Crippen LogP contribution < -0.4 is 10.6 Å². The van der Waals surface area contributed by atoms with Crippen LogP contribution in [0.2, 0.25) is 0 Å². The van der Waals surface area contributed by atoms with Crippen LogP contribution in [0.15, 0.2) is 48.5 Å². The van der Waals surface area contributed by atoms with Crippen LogP contribution in [-0.4, -0.2) is 29.9 Å². The van der Waals surface area contributed by atoms with Crippen molar-refractivity contribution in [2.45, 2.75) is 44.9 Å². The molecule has 1 fully saturated rings. The highest BCUT2D eigenvalue weighted by Crippen LogP contribution is 2.24. The number of nitrogens with one attached hydrogen (secondary N) is 2. The van der Waals surface area contributed by atoms with E-state index in [0.29, 0.717) is 5.56 Å². The third-order valence-electron chi connectivity index (χ3n) is 4.88. The van der Waals surface area contributed by atoms with Crippen LogP contribution >= 0.6 is 0 Å². The molecule has 164 valence electrons. The van der Waals surface area contributed by atoms with Crippen molar-refractivity contribution in [3.8, 4) is 0 Å². The van der Waals surface area contributed by atoms with Gasteiger partial charge in [-0.25, -0.2) is 13.6 Å². The lowest BCUT2D eigenvalue weighted by Gasteiger charge is -2.24. The molecule has 1 aliphatic rings. The Labute approximate surface area is 179 Å². The van der Waals surface area contributed by atoms with Gasteiger partial charge in [0.15, 0.2) is 0 Å². The zero-order chi connectivity index (χ0) is 22.5. The summed E-state index contributed by atoms with van der Waals surface area (Å²) >= 11 is 0. The third-order valence-corrected chi connectivity index (χ3v) is 4.88. The average Bonchev–Trinajstić information content (AvgIpc) is 3.54. The first-order chi connectivity index (χ1) is 14.7. The minimum absolute atomic E-state index is 0.0354. The number of hydrogen-bond acceptors (Lipinski definition) is 4. The Morgan fingerprint density at radius 1 is 0.935 bits per heavy atom. The summed E-state index contributed by atoms with van der Waals surface area (Å²) in [4.78, 5) is 38.1. The standard InChI is InChI=1S/C23H24F2N2O4/c1-13(2)19(27-21(28)15-5-9-17(25)10-6-15)23(30)31-20(22(29)26-18-11-12-18)14-3-7-16(24)8-4-14/h3-10,13,18-20H,11-12H2,1-2H3,(H,26,29)(H,27,28)/t19-,20?/m0/s1. The van der Waals surface area contributed by atoms with E-state index >= 15 is 0 Å². The average molecular weight is 430 g/mol. The molecule has 3 rings (SSSR count). The Balaban J connectivity index is 1.76. The predicted octanol–water partition coefficient (Wildman–Crippen LogP) is 3.28. The highest BCUT2D eigenvalue weighted by molar-refractivity contribution is 5.97. The zero-order valence-electron chi connectivity index (χ0n) is 17.2. The molecule has 1 saturated carbocycles. The molecule has 2 amide bonds. The van der Waals surface area contributed by atoms with Gasteiger partial charge in [-0.3, -0.25) is 9.59 Å². The highest BCUT2D eigenvalue weighted by atomic mass is 19.1. The second-order valence-corrected chi connectivity index (χ2v) is 7.85. The molecular weight excluding hydrogens is 406 g/mol. The summed E-state index contributed by atoms with van der Waals surface area (Å²) in [6, 6.07) is 8.99. The number of hydrogen-bond donors (Lipinski definition) is 2. The first-order valence-corrected chi connectivity index (χ1v) is 10.1. The summed E-state index contributed by atoms with van der Waals surface area (Å²) in [6.45, 7) is 3.43. The predicted molar refractivity (Wildman–Crippen MR) is 109 cm³/mol. The van der Waals surface area contributed by atoms with Crippen molar-refractivity contribution in [1.29, 1.82) is 0 Å². The highest BCUT2D eigenvalue weighted by Gasteiger charge is 2.34. The van der Waals surface area contributed by atoms with E-state index < -0.39 is 41.6 Å². The Morgan fingerprint density at radius 3 is 2.00 bits per heavy atom. The van der Waals surface area contributed by atoms with E-state index in [1.54, 1.807) is 13.8 Å². The fourth-order valence-corrected chi connectivity index (χ4v) is 2.93. The summed E-state index contributed by atoms with van der Waals surface area (Å²) in [5.74, 6) is -3.20. The van der Waals surface area contributed by atoms with Crippen LogP contribution in [0.1, 0.15) is 48.7 Å². The molecule has 0 aliphatic heterocycles. The summed E-state index contributed by atoms with van der Waals surface area (Å²) < 4.78 is 31.9. The van der Waals surface area contributed by atoms with E-state index in [1.807, 2.05) is 0 Å². The minimum Gasteiger partial charge on any atom is -0.446 e. The lowest BCUT2D eigenvalue weighted by molar-refractivity contribution is -0.159. The van der Waals surface area contributed by atoms with Crippen molar-refractivity contribution in [3.05, 3.63) is 71.3 Å². The topological polar surface area (TPSA) is 84.5 Å². The van der Waals surface area contributed by atoms with E-state index in [2.05, 4.69) is 10.6 Å². The maximum Gasteiger partial charge on any atom is 0.330 e. The lowest BCUT2D eigenvalue weighted by Crippen LogP contribution is -2.46. The fraction of sp³-hybridized carbons (Fsp3) is 0.348. The van der Waals surface area contributed by atoms with E-state index in [0.717, 1.165) is 25.0 Å². The number of esters is 1. The zero-order valence-corrected chi connectivity index (χ0v) is 17.2. The van der Waals surface area contributed by atoms with E-state index in [4.69, 9.17) is 4.74 Å². The molecule has 2 aromatic rings. The number of carbonyl (C=O) groups is 3. The Kier molecular flexibility index (Phi) is 6.99. The first-order valence-electron chi connectivity index (χ1n) is 10.1. The number of ether oxygens (including phenoxy) is 1. The molecule has 0 saturated heterocycles. The van der Waals surface area contributed by atoms with E-state index in [1.165, 1.54) is 36.4 Å². The van der Waals surface area contributed by atoms with Gasteiger partial charge < -0.3 is 15.4 Å². The molecule has 8 heteroatoms. The summed E-state index contributed by atoms with van der Waals surface area (Å²) in [5, 5.41) is 5.36. The molecule has 2 N–H and O–H groups in total. The molecule has 1 unspecified atom stereocenters. The molecule has 0 bridgehead atoms. The quantitative estimate of drug-likeness (QED) is 0.630. The largest absolute Gasteiger partial charge is 0.446 e. The van der Waals surface area contributed by atoms with Gasteiger partial charge in [0.25, 0.3) is 11.8 Å². The van der Waals surface area contributed by atoms with Gasteiger partial charge in [-0.2, -0.15) is 0 Å². The van der Waals surface area contributed by atoms with Crippen molar-refractivity contribution in [1.82, 2.24) is 10.6 Å². The monoisotopic (exact) mass is 430 g/mol. The Bertz CT molecular complexity index is 941. The molecule has 31 heavy (non-hydrogen) atoms. The fourth-order valence-electron chi connectivity index (χ4n) is 2.93. The van der Waals surface area contributed by atoms with Gasteiger partial charge in [-0.15, -0.1) is 0 Å². The van der Waals surface area contributed by atoms with E-state index in [9.17, 15) is 23.2 Å². The SMILES string of the molecule is CC(C)[C@H](NC(=O)c1ccc(F)cc1)C(=O)OC(C(=O)NC1CC1)c1ccc(F)cc1. The Morgan fingerprint density at radius 2 is 1.48 bits per heavy atom. The van der Waals surface area contributed by atoms with Crippen LogP contribution in [0.4, 0.5) is 8.78 Å². The molecule has 2 aromatic carbocycles. The molecule has 2 atom stereocenters. The first kappa shape index (κ1) is 22.4. The van der Waals surface area contributed by atoms with Crippen molar-refractivity contribution in [3.63, 3.8) is 0 Å². The van der Waals surface area contributed by atoms with Crippen molar-refractivity contribution < 1.29 is 27.9 Å². The van der Waals surface area contributed by atoms with Crippen LogP contribution in [0.25, 0.3) is 0 Å². The van der Waals surface area contributed by atoms with Crippen molar-refractivity contribution >= 4 is 17.8 Å².